The van der Waals surface area contributed by atoms with Crippen LogP contribution in [0.5, 0.6) is 12.0 Å². The zero-order valence-corrected chi connectivity index (χ0v) is 7.80. The summed E-state index contributed by atoms with van der Waals surface area (Å²) in [6, 6.07) is 0.169. The molecule has 1 rings (SSSR count). The molecule has 1 heterocycles. The fourth-order valence-electron chi connectivity index (χ4n) is 0.748. The third-order valence-electron chi connectivity index (χ3n) is 1.21. The number of aliphatic hydroxyl groups excluding tert-OH is 1. The summed E-state index contributed by atoms with van der Waals surface area (Å²) < 4.78 is 9.97. The molecular formula is C7H12N4O3. The van der Waals surface area contributed by atoms with Crippen LogP contribution in [0.4, 0.5) is 5.95 Å². The van der Waals surface area contributed by atoms with E-state index in [2.05, 4.69) is 15.0 Å². The molecule has 0 aliphatic carbocycles. The normalized spacial score (nSPS) is 9.86. The Bertz CT molecular complexity index is 294. The predicted octanol–water partition coefficient (Wildman–Crippen LogP) is -0.776. The zero-order chi connectivity index (χ0) is 10.4. The van der Waals surface area contributed by atoms with Crippen molar-refractivity contribution in [1.29, 1.82) is 0 Å². The summed E-state index contributed by atoms with van der Waals surface area (Å²) in [6.45, 7) is 2.22. The first-order valence-electron chi connectivity index (χ1n) is 4.14. The molecule has 7 heteroatoms. The van der Waals surface area contributed by atoms with E-state index >= 15 is 0 Å². The summed E-state index contributed by atoms with van der Waals surface area (Å²) in [5.74, 6) is 0.0244. The van der Waals surface area contributed by atoms with Crippen molar-refractivity contribution in [3.05, 3.63) is 0 Å². The summed E-state index contributed by atoms with van der Waals surface area (Å²) in [4.78, 5) is 11.2. The molecule has 0 amide bonds. The van der Waals surface area contributed by atoms with Crippen LogP contribution in [0.3, 0.4) is 0 Å². The summed E-state index contributed by atoms with van der Waals surface area (Å²) >= 11 is 0. The highest BCUT2D eigenvalue weighted by Crippen LogP contribution is 2.10. The molecule has 14 heavy (non-hydrogen) atoms. The minimum atomic E-state index is -0.116. The van der Waals surface area contributed by atoms with E-state index in [4.69, 9.17) is 20.3 Å². The van der Waals surface area contributed by atoms with E-state index in [0.29, 0.717) is 6.61 Å². The van der Waals surface area contributed by atoms with Crippen molar-refractivity contribution >= 4 is 5.95 Å². The summed E-state index contributed by atoms with van der Waals surface area (Å²) in [6.07, 6.45) is 0. The Balaban J connectivity index is 2.73. The number of nitrogen functional groups attached to an aromatic ring is 1. The van der Waals surface area contributed by atoms with Crippen LogP contribution in [0.1, 0.15) is 6.92 Å². The maximum Gasteiger partial charge on any atom is 0.324 e. The van der Waals surface area contributed by atoms with Gasteiger partial charge in [0.15, 0.2) is 0 Å². The molecule has 0 saturated carbocycles. The number of rotatable bonds is 5. The van der Waals surface area contributed by atoms with Gasteiger partial charge in [-0.05, 0) is 6.92 Å². The minimum Gasteiger partial charge on any atom is -0.464 e. The van der Waals surface area contributed by atoms with Crippen LogP contribution >= 0.6 is 0 Å². The van der Waals surface area contributed by atoms with Crippen LogP contribution in [0.15, 0.2) is 0 Å². The van der Waals surface area contributed by atoms with E-state index in [0.717, 1.165) is 0 Å². The van der Waals surface area contributed by atoms with Gasteiger partial charge in [0, 0.05) is 0 Å². The number of aromatic nitrogens is 3. The molecule has 0 aliphatic heterocycles. The predicted molar refractivity (Wildman–Crippen MR) is 48.0 cm³/mol. The highest BCUT2D eigenvalue weighted by Gasteiger charge is 2.05. The van der Waals surface area contributed by atoms with Crippen molar-refractivity contribution < 1.29 is 14.6 Å². The quantitative estimate of drug-likeness (QED) is 0.642. The van der Waals surface area contributed by atoms with Gasteiger partial charge in [0.1, 0.15) is 6.61 Å². The standard InChI is InChI=1S/C7H12N4O3/c1-2-13-6-9-5(8)10-7(11-6)14-4-3-12/h12H,2-4H2,1H3,(H2,8,9,10,11). The number of nitrogens with two attached hydrogens (primary N) is 1. The van der Waals surface area contributed by atoms with Gasteiger partial charge in [0.25, 0.3) is 0 Å². The van der Waals surface area contributed by atoms with E-state index < -0.39 is 0 Å². The lowest BCUT2D eigenvalue weighted by Crippen LogP contribution is -2.09. The maximum atomic E-state index is 8.51. The van der Waals surface area contributed by atoms with Crippen LogP contribution in [0.25, 0.3) is 0 Å². The molecule has 0 unspecified atom stereocenters. The fourth-order valence-corrected chi connectivity index (χ4v) is 0.748. The second-order valence-electron chi connectivity index (χ2n) is 2.26. The van der Waals surface area contributed by atoms with Gasteiger partial charge in [-0.25, -0.2) is 0 Å². The number of ether oxygens (including phenoxy) is 2. The molecule has 0 fully saturated rings. The summed E-state index contributed by atoms with van der Waals surface area (Å²) in [5.41, 5.74) is 5.38. The molecule has 0 aromatic carbocycles. The molecule has 0 radical (unpaired) electrons. The van der Waals surface area contributed by atoms with E-state index in [-0.39, 0.29) is 31.2 Å². The average Bonchev–Trinajstić information content (AvgIpc) is 2.14. The Kier molecular flexibility index (Phi) is 3.86. The molecule has 0 bridgehead atoms. The largest absolute Gasteiger partial charge is 0.464 e. The molecule has 7 nitrogen and oxygen atoms in total. The monoisotopic (exact) mass is 200 g/mol. The third-order valence-corrected chi connectivity index (χ3v) is 1.21. The number of aliphatic hydroxyl groups is 1. The first kappa shape index (κ1) is 10.5. The number of anilines is 1. The van der Waals surface area contributed by atoms with Crippen molar-refractivity contribution in [3.8, 4) is 12.0 Å². The molecule has 1 aromatic rings. The molecule has 0 aliphatic rings. The SMILES string of the molecule is CCOc1nc(N)nc(OCCO)n1. The lowest BCUT2D eigenvalue weighted by atomic mass is 10.8. The second kappa shape index (κ2) is 5.18. The molecule has 0 atom stereocenters. The van der Waals surface area contributed by atoms with Gasteiger partial charge in [0.2, 0.25) is 5.95 Å². The van der Waals surface area contributed by atoms with Crippen molar-refractivity contribution in [2.24, 2.45) is 0 Å². The smallest absolute Gasteiger partial charge is 0.324 e. The highest BCUT2D eigenvalue weighted by atomic mass is 16.5. The van der Waals surface area contributed by atoms with Crippen LogP contribution in [-0.4, -0.2) is 39.9 Å². The van der Waals surface area contributed by atoms with Crippen molar-refractivity contribution in [2.45, 2.75) is 6.92 Å². The van der Waals surface area contributed by atoms with Crippen molar-refractivity contribution in [1.82, 2.24) is 15.0 Å². The van der Waals surface area contributed by atoms with Crippen LogP contribution < -0.4 is 15.2 Å². The van der Waals surface area contributed by atoms with Gasteiger partial charge in [-0.3, -0.25) is 0 Å². The van der Waals surface area contributed by atoms with E-state index in [1.165, 1.54) is 0 Å². The maximum absolute atomic E-state index is 8.51. The Morgan fingerprint density at radius 2 is 1.86 bits per heavy atom. The Labute approximate surface area is 80.9 Å². The zero-order valence-electron chi connectivity index (χ0n) is 7.80. The van der Waals surface area contributed by atoms with Crippen LogP contribution in [0, 0.1) is 0 Å². The van der Waals surface area contributed by atoms with Gasteiger partial charge in [0.05, 0.1) is 13.2 Å². The molecule has 1 aromatic heterocycles. The molecule has 0 spiro atoms. The van der Waals surface area contributed by atoms with E-state index in [9.17, 15) is 0 Å². The molecule has 0 saturated heterocycles. The van der Waals surface area contributed by atoms with Gasteiger partial charge < -0.3 is 20.3 Å². The Hall–Kier alpha value is -1.63. The Morgan fingerprint density at radius 3 is 2.43 bits per heavy atom. The molecule has 3 N–H and O–H groups in total. The van der Waals surface area contributed by atoms with Crippen molar-refractivity contribution in [3.63, 3.8) is 0 Å². The third kappa shape index (κ3) is 3.02. The van der Waals surface area contributed by atoms with Gasteiger partial charge in [-0.1, -0.05) is 0 Å². The Morgan fingerprint density at radius 1 is 1.21 bits per heavy atom. The van der Waals surface area contributed by atoms with Crippen LogP contribution in [0.2, 0.25) is 0 Å². The first-order chi connectivity index (χ1) is 6.76. The van der Waals surface area contributed by atoms with Gasteiger partial charge >= 0.3 is 12.0 Å². The number of nitrogens with zero attached hydrogens (tertiary/aromatic N) is 3. The first-order valence-corrected chi connectivity index (χ1v) is 4.14. The van der Waals surface area contributed by atoms with Gasteiger partial charge in [-0.15, -0.1) is 4.98 Å². The van der Waals surface area contributed by atoms with E-state index in [1.54, 1.807) is 6.92 Å². The number of hydrogen-bond acceptors (Lipinski definition) is 7. The minimum absolute atomic E-state index is 0.0244. The number of hydrogen-bond donors (Lipinski definition) is 2. The molecule has 78 valence electrons. The molecular weight excluding hydrogens is 188 g/mol. The van der Waals surface area contributed by atoms with Crippen LogP contribution in [-0.2, 0) is 0 Å². The summed E-state index contributed by atoms with van der Waals surface area (Å²) in [5, 5.41) is 8.51. The van der Waals surface area contributed by atoms with E-state index in [1.807, 2.05) is 0 Å². The highest BCUT2D eigenvalue weighted by molar-refractivity contribution is 5.20. The lowest BCUT2D eigenvalue weighted by molar-refractivity contribution is 0.188. The summed E-state index contributed by atoms with van der Waals surface area (Å²) in [7, 11) is 0. The average molecular weight is 200 g/mol. The lowest BCUT2D eigenvalue weighted by Gasteiger charge is -2.04. The topological polar surface area (TPSA) is 103 Å². The van der Waals surface area contributed by atoms with Crippen molar-refractivity contribution in [2.75, 3.05) is 25.6 Å². The van der Waals surface area contributed by atoms with Gasteiger partial charge in [-0.2, -0.15) is 9.97 Å². The fraction of sp³-hybridized carbons (Fsp3) is 0.571. The second-order valence-corrected chi connectivity index (χ2v) is 2.26.